The van der Waals surface area contributed by atoms with Gasteiger partial charge in [-0.15, -0.1) is 11.8 Å². The molecule has 0 saturated heterocycles. The third kappa shape index (κ3) is 4.89. The van der Waals surface area contributed by atoms with Crippen LogP contribution in [-0.4, -0.2) is 10.8 Å². The highest BCUT2D eigenvalue weighted by Crippen LogP contribution is 2.34. The van der Waals surface area contributed by atoms with E-state index in [1.54, 1.807) is 0 Å². The molecule has 0 aliphatic carbocycles. The highest BCUT2D eigenvalue weighted by Gasteiger charge is 2.13. The first-order valence-electron chi connectivity index (χ1n) is 5.51. The molecule has 0 bridgehead atoms. The molecule has 1 nitrogen and oxygen atoms in total. The molecule has 16 heavy (non-hydrogen) atoms. The van der Waals surface area contributed by atoms with Crippen LogP contribution < -0.4 is 5.73 Å². The van der Waals surface area contributed by atoms with Gasteiger partial charge in [0.25, 0.3) is 0 Å². The summed E-state index contributed by atoms with van der Waals surface area (Å²) in [7, 11) is 0. The molecule has 0 spiro atoms. The van der Waals surface area contributed by atoms with Crippen LogP contribution >= 0.6 is 27.7 Å². The maximum Gasteiger partial charge on any atom is 0.0219 e. The molecule has 1 unspecified atom stereocenters. The summed E-state index contributed by atoms with van der Waals surface area (Å²) in [6.45, 7) is 8.70. The van der Waals surface area contributed by atoms with Crippen LogP contribution in [-0.2, 0) is 6.42 Å². The van der Waals surface area contributed by atoms with E-state index in [4.69, 9.17) is 5.73 Å². The lowest BCUT2D eigenvalue weighted by Crippen LogP contribution is -2.18. The van der Waals surface area contributed by atoms with Gasteiger partial charge in [-0.05, 0) is 31.0 Å². The molecule has 0 amide bonds. The number of benzene rings is 1. The number of rotatable bonds is 3. The van der Waals surface area contributed by atoms with Crippen molar-refractivity contribution in [3.63, 3.8) is 0 Å². The van der Waals surface area contributed by atoms with Gasteiger partial charge in [0.15, 0.2) is 0 Å². The monoisotopic (exact) mass is 301 g/mol. The Bertz CT molecular complexity index is 355. The zero-order valence-electron chi connectivity index (χ0n) is 10.4. The zero-order chi connectivity index (χ0) is 12.3. The van der Waals surface area contributed by atoms with Gasteiger partial charge in [0.2, 0.25) is 0 Å². The first kappa shape index (κ1) is 14.1. The van der Waals surface area contributed by atoms with E-state index in [1.165, 1.54) is 14.9 Å². The SMILES string of the molecule is CC(N)Cc1ccc(SC(C)(C)C)cc1Br. The fourth-order valence-electron chi connectivity index (χ4n) is 1.46. The standard InChI is InChI=1S/C13H20BrNS/c1-9(15)7-10-5-6-11(8-12(10)14)16-13(2,3)4/h5-6,8-9H,7,15H2,1-4H3. The molecule has 0 saturated carbocycles. The van der Waals surface area contributed by atoms with Gasteiger partial charge in [0.1, 0.15) is 0 Å². The highest BCUT2D eigenvalue weighted by atomic mass is 79.9. The summed E-state index contributed by atoms with van der Waals surface area (Å²) in [5, 5.41) is 0. The van der Waals surface area contributed by atoms with Crippen molar-refractivity contribution >= 4 is 27.7 Å². The smallest absolute Gasteiger partial charge is 0.0219 e. The second-order valence-corrected chi connectivity index (χ2v) is 7.90. The van der Waals surface area contributed by atoms with Crippen LogP contribution in [0.5, 0.6) is 0 Å². The maximum absolute atomic E-state index is 5.81. The third-order valence-electron chi connectivity index (χ3n) is 1.99. The van der Waals surface area contributed by atoms with Gasteiger partial charge in [-0.1, -0.05) is 42.8 Å². The molecule has 3 heteroatoms. The predicted octanol–water partition coefficient (Wildman–Crippen LogP) is 4.23. The van der Waals surface area contributed by atoms with Crippen molar-refractivity contribution in [3.05, 3.63) is 28.2 Å². The minimum atomic E-state index is 0.206. The Labute approximate surface area is 111 Å². The first-order chi connectivity index (χ1) is 7.28. The average molecular weight is 302 g/mol. The van der Waals surface area contributed by atoms with Gasteiger partial charge in [-0.3, -0.25) is 0 Å². The van der Waals surface area contributed by atoms with E-state index in [0.717, 1.165) is 6.42 Å². The summed E-state index contributed by atoms with van der Waals surface area (Å²) in [6, 6.07) is 6.74. The molecule has 0 aromatic heterocycles. The Morgan fingerprint density at radius 1 is 1.38 bits per heavy atom. The molecule has 0 heterocycles. The van der Waals surface area contributed by atoms with Crippen molar-refractivity contribution in [1.29, 1.82) is 0 Å². The Hall–Kier alpha value is 0.01000. The molecule has 0 fully saturated rings. The van der Waals surface area contributed by atoms with E-state index in [1.807, 2.05) is 18.7 Å². The summed E-state index contributed by atoms with van der Waals surface area (Å²) < 4.78 is 1.42. The minimum absolute atomic E-state index is 0.206. The fourth-order valence-corrected chi connectivity index (χ4v) is 3.17. The molecule has 0 aliphatic rings. The Kier molecular flexibility index (Phi) is 4.89. The number of nitrogens with two attached hydrogens (primary N) is 1. The van der Waals surface area contributed by atoms with Crippen molar-refractivity contribution in [1.82, 2.24) is 0 Å². The zero-order valence-corrected chi connectivity index (χ0v) is 12.8. The molecule has 0 aliphatic heterocycles. The number of halogens is 1. The quantitative estimate of drug-likeness (QED) is 0.846. The average Bonchev–Trinajstić information content (AvgIpc) is 2.06. The van der Waals surface area contributed by atoms with Crippen molar-refractivity contribution in [2.75, 3.05) is 0 Å². The largest absolute Gasteiger partial charge is 0.328 e. The Morgan fingerprint density at radius 2 is 2.00 bits per heavy atom. The Morgan fingerprint density at radius 3 is 2.44 bits per heavy atom. The van der Waals surface area contributed by atoms with Crippen LogP contribution in [0.3, 0.4) is 0 Å². The molecular formula is C13H20BrNS. The van der Waals surface area contributed by atoms with E-state index in [0.29, 0.717) is 0 Å². The van der Waals surface area contributed by atoms with Gasteiger partial charge in [-0.2, -0.15) is 0 Å². The fraction of sp³-hybridized carbons (Fsp3) is 0.538. The van der Waals surface area contributed by atoms with Crippen LogP contribution in [0.2, 0.25) is 0 Å². The van der Waals surface area contributed by atoms with Gasteiger partial charge in [0, 0.05) is 20.2 Å². The van der Waals surface area contributed by atoms with Gasteiger partial charge < -0.3 is 5.73 Å². The lowest BCUT2D eigenvalue weighted by atomic mass is 10.1. The van der Waals surface area contributed by atoms with Crippen LogP contribution in [0.1, 0.15) is 33.3 Å². The topological polar surface area (TPSA) is 26.0 Å². The number of hydrogen-bond donors (Lipinski definition) is 1. The van der Waals surface area contributed by atoms with E-state index >= 15 is 0 Å². The molecule has 2 N–H and O–H groups in total. The molecule has 1 rings (SSSR count). The molecule has 1 aromatic carbocycles. The molecule has 1 atom stereocenters. The molecule has 90 valence electrons. The first-order valence-corrected chi connectivity index (χ1v) is 7.12. The normalized spacial score (nSPS) is 13.9. The summed E-state index contributed by atoms with van der Waals surface area (Å²) in [4.78, 5) is 1.30. The summed E-state index contributed by atoms with van der Waals surface area (Å²) in [6.07, 6.45) is 0.918. The van der Waals surface area contributed by atoms with E-state index in [2.05, 4.69) is 54.9 Å². The van der Waals surface area contributed by atoms with Crippen LogP contribution in [0, 0.1) is 0 Å². The summed E-state index contributed by atoms with van der Waals surface area (Å²) in [5.41, 5.74) is 7.09. The van der Waals surface area contributed by atoms with Crippen LogP contribution in [0.4, 0.5) is 0 Å². The number of thioether (sulfide) groups is 1. The van der Waals surface area contributed by atoms with Crippen molar-refractivity contribution in [2.45, 2.75) is 49.8 Å². The number of hydrogen-bond acceptors (Lipinski definition) is 2. The second kappa shape index (κ2) is 5.56. The van der Waals surface area contributed by atoms with Crippen LogP contribution in [0.15, 0.2) is 27.6 Å². The highest BCUT2D eigenvalue weighted by molar-refractivity contribution is 9.10. The lowest BCUT2D eigenvalue weighted by molar-refractivity contribution is 0.735. The second-order valence-electron chi connectivity index (χ2n) is 5.15. The van der Waals surface area contributed by atoms with Gasteiger partial charge in [0.05, 0.1) is 0 Å². The lowest BCUT2D eigenvalue weighted by Gasteiger charge is -2.18. The summed E-state index contributed by atoms with van der Waals surface area (Å²) in [5.74, 6) is 0. The Balaban J connectivity index is 2.83. The predicted molar refractivity (Wildman–Crippen MR) is 77.1 cm³/mol. The maximum atomic E-state index is 5.81. The van der Waals surface area contributed by atoms with E-state index in [9.17, 15) is 0 Å². The van der Waals surface area contributed by atoms with Gasteiger partial charge >= 0.3 is 0 Å². The van der Waals surface area contributed by atoms with Crippen molar-refractivity contribution < 1.29 is 0 Å². The molecule has 1 aromatic rings. The van der Waals surface area contributed by atoms with Gasteiger partial charge in [-0.25, -0.2) is 0 Å². The van der Waals surface area contributed by atoms with E-state index in [-0.39, 0.29) is 10.8 Å². The molecule has 0 radical (unpaired) electrons. The third-order valence-corrected chi connectivity index (χ3v) is 3.83. The van der Waals surface area contributed by atoms with Crippen molar-refractivity contribution in [2.24, 2.45) is 5.73 Å². The summed E-state index contributed by atoms with van der Waals surface area (Å²) >= 11 is 5.50. The van der Waals surface area contributed by atoms with Crippen molar-refractivity contribution in [3.8, 4) is 0 Å². The minimum Gasteiger partial charge on any atom is -0.328 e. The molecular weight excluding hydrogens is 282 g/mol. The van der Waals surface area contributed by atoms with E-state index < -0.39 is 0 Å². The van der Waals surface area contributed by atoms with Crippen LogP contribution in [0.25, 0.3) is 0 Å².